The zero-order valence-corrected chi connectivity index (χ0v) is 9.45. The van der Waals surface area contributed by atoms with Gasteiger partial charge in [-0.25, -0.2) is 0 Å². The van der Waals surface area contributed by atoms with Gasteiger partial charge in [-0.3, -0.25) is 0 Å². The molecule has 1 heterocycles. The van der Waals surface area contributed by atoms with E-state index in [4.69, 9.17) is 5.11 Å². The molecule has 6 heteroatoms. The van der Waals surface area contributed by atoms with E-state index in [1.54, 1.807) is 4.68 Å². The first-order chi connectivity index (χ1) is 8.42. The molecular formula is C11H15N5O. The number of hydrogen-bond acceptors (Lipinski definition) is 5. The summed E-state index contributed by atoms with van der Waals surface area (Å²) in [6, 6.07) is 9.74. The number of tetrazole rings is 1. The smallest absolute Gasteiger partial charge is 0.170 e. The Bertz CT molecular complexity index is 442. The molecule has 90 valence electrons. The maximum atomic E-state index is 8.67. The molecule has 0 radical (unpaired) electrons. The molecule has 6 nitrogen and oxygen atoms in total. The summed E-state index contributed by atoms with van der Waals surface area (Å²) in [4.78, 5) is 0. The Morgan fingerprint density at radius 2 is 2.06 bits per heavy atom. The number of nitrogens with one attached hydrogen (secondary N) is 1. The fourth-order valence-corrected chi connectivity index (χ4v) is 1.49. The van der Waals surface area contributed by atoms with Crippen LogP contribution in [0.2, 0.25) is 0 Å². The number of aromatic nitrogens is 4. The maximum absolute atomic E-state index is 8.67. The van der Waals surface area contributed by atoms with Crippen molar-refractivity contribution in [2.24, 2.45) is 0 Å². The van der Waals surface area contributed by atoms with E-state index in [0.717, 1.165) is 24.5 Å². The van der Waals surface area contributed by atoms with Gasteiger partial charge in [-0.15, -0.1) is 5.10 Å². The topological polar surface area (TPSA) is 75.9 Å². The molecule has 2 rings (SSSR count). The van der Waals surface area contributed by atoms with Crippen molar-refractivity contribution in [1.29, 1.82) is 0 Å². The number of aliphatic hydroxyl groups is 1. The summed E-state index contributed by atoms with van der Waals surface area (Å²) in [6.07, 6.45) is 0.729. The summed E-state index contributed by atoms with van der Waals surface area (Å²) in [7, 11) is 0. The first-order valence-electron chi connectivity index (χ1n) is 5.56. The second-order valence-corrected chi connectivity index (χ2v) is 3.60. The van der Waals surface area contributed by atoms with Crippen LogP contribution in [0.3, 0.4) is 0 Å². The molecule has 0 bridgehead atoms. The summed E-state index contributed by atoms with van der Waals surface area (Å²) < 4.78 is 1.70. The van der Waals surface area contributed by atoms with E-state index in [2.05, 4.69) is 20.8 Å². The van der Waals surface area contributed by atoms with Gasteiger partial charge in [0, 0.05) is 6.61 Å². The highest BCUT2D eigenvalue weighted by Gasteiger charge is 2.06. The second kappa shape index (κ2) is 6.07. The number of para-hydroxylation sites is 1. The number of benzene rings is 1. The molecule has 2 aromatic rings. The van der Waals surface area contributed by atoms with Crippen molar-refractivity contribution in [2.75, 3.05) is 13.2 Å². The van der Waals surface area contributed by atoms with E-state index in [9.17, 15) is 0 Å². The van der Waals surface area contributed by atoms with Crippen LogP contribution in [-0.4, -0.2) is 38.5 Å². The van der Waals surface area contributed by atoms with Gasteiger partial charge in [0.15, 0.2) is 5.82 Å². The Balaban J connectivity index is 2.02. The zero-order chi connectivity index (χ0) is 11.9. The van der Waals surface area contributed by atoms with Crippen LogP contribution < -0.4 is 5.32 Å². The minimum atomic E-state index is 0.191. The van der Waals surface area contributed by atoms with Crippen molar-refractivity contribution in [1.82, 2.24) is 25.5 Å². The normalized spacial score (nSPS) is 10.6. The van der Waals surface area contributed by atoms with Crippen molar-refractivity contribution in [3.8, 4) is 5.69 Å². The minimum absolute atomic E-state index is 0.191. The van der Waals surface area contributed by atoms with Gasteiger partial charge in [0.2, 0.25) is 0 Å². The van der Waals surface area contributed by atoms with Crippen LogP contribution in [0, 0.1) is 0 Å². The van der Waals surface area contributed by atoms with Gasteiger partial charge in [-0.1, -0.05) is 18.2 Å². The predicted octanol–water partition coefficient (Wildman–Crippen LogP) is 0.134. The quantitative estimate of drug-likeness (QED) is 0.694. The lowest BCUT2D eigenvalue weighted by atomic mass is 10.3. The van der Waals surface area contributed by atoms with E-state index in [1.165, 1.54) is 0 Å². The molecule has 2 N–H and O–H groups in total. The van der Waals surface area contributed by atoms with Gasteiger partial charge in [0.25, 0.3) is 0 Å². The summed E-state index contributed by atoms with van der Waals surface area (Å²) in [5, 5.41) is 23.4. The van der Waals surface area contributed by atoms with E-state index in [1.807, 2.05) is 30.3 Å². The highest BCUT2D eigenvalue weighted by molar-refractivity contribution is 5.30. The van der Waals surface area contributed by atoms with Crippen molar-refractivity contribution in [2.45, 2.75) is 13.0 Å². The van der Waals surface area contributed by atoms with Crippen LogP contribution >= 0.6 is 0 Å². The molecular weight excluding hydrogens is 218 g/mol. The van der Waals surface area contributed by atoms with Crippen LogP contribution in [0.5, 0.6) is 0 Å². The van der Waals surface area contributed by atoms with Crippen LogP contribution in [0.4, 0.5) is 0 Å². The lowest BCUT2D eigenvalue weighted by Gasteiger charge is -2.05. The molecule has 0 aliphatic heterocycles. The lowest BCUT2D eigenvalue weighted by molar-refractivity contribution is 0.285. The SMILES string of the molecule is OCCCNCc1nnnn1-c1ccccc1. The number of hydrogen-bond donors (Lipinski definition) is 2. The Hall–Kier alpha value is -1.79. The van der Waals surface area contributed by atoms with Gasteiger partial charge in [0.05, 0.1) is 12.2 Å². The molecule has 1 aromatic carbocycles. The summed E-state index contributed by atoms with van der Waals surface area (Å²) >= 11 is 0. The monoisotopic (exact) mass is 233 g/mol. The minimum Gasteiger partial charge on any atom is -0.396 e. The van der Waals surface area contributed by atoms with Crippen LogP contribution in [0.15, 0.2) is 30.3 Å². The molecule has 0 saturated carbocycles. The van der Waals surface area contributed by atoms with Crippen molar-refractivity contribution in [3.05, 3.63) is 36.2 Å². The van der Waals surface area contributed by atoms with E-state index >= 15 is 0 Å². The Labute approximate surface area is 99.3 Å². The summed E-state index contributed by atoms with van der Waals surface area (Å²) in [5.74, 6) is 0.758. The fourth-order valence-electron chi connectivity index (χ4n) is 1.49. The van der Waals surface area contributed by atoms with Gasteiger partial charge in [0.1, 0.15) is 0 Å². The van der Waals surface area contributed by atoms with E-state index in [-0.39, 0.29) is 6.61 Å². The molecule has 0 atom stereocenters. The van der Waals surface area contributed by atoms with Gasteiger partial charge in [-0.2, -0.15) is 4.68 Å². The highest BCUT2D eigenvalue weighted by atomic mass is 16.3. The average molecular weight is 233 g/mol. The third-order valence-corrected chi connectivity index (χ3v) is 2.33. The third kappa shape index (κ3) is 3.08. The standard InChI is InChI=1S/C11H15N5O/c17-8-4-7-12-9-11-13-14-15-16(11)10-5-2-1-3-6-10/h1-3,5-6,12,17H,4,7-9H2. The molecule has 0 unspecified atom stereocenters. The molecule has 0 fully saturated rings. The molecule has 17 heavy (non-hydrogen) atoms. The Morgan fingerprint density at radius 1 is 1.24 bits per heavy atom. The Morgan fingerprint density at radius 3 is 2.82 bits per heavy atom. The highest BCUT2D eigenvalue weighted by Crippen LogP contribution is 2.06. The summed E-state index contributed by atoms with van der Waals surface area (Å²) in [5.41, 5.74) is 0.941. The second-order valence-electron chi connectivity index (χ2n) is 3.60. The maximum Gasteiger partial charge on any atom is 0.170 e. The summed E-state index contributed by atoms with van der Waals surface area (Å²) in [6.45, 7) is 1.52. The first kappa shape index (κ1) is 11.7. The predicted molar refractivity (Wildman–Crippen MR) is 62.6 cm³/mol. The van der Waals surface area contributed by atoms with Crippen molar-refractivity contribution < 1.29 is 5.11 Å². The molecule has 0 amide bonds. The first-order valence-corrected chi connectivity index (χ1v) is 5.56. The van der Waals surface area contributed by atoms with E-state index < -0.39 is 0 Å². The zero-order valence-electron chi connectivity index (χ0n) is 9.45. The molecule has 0 aliphatic carbocycles. The Kier molecular flexibility index (Phi) is 4.17. The third-order valence-electron chi connectivity index (χ3n) is 2.33. The van der Waals surface area contributed by atoms with Crippen LogP contribution in [0.25, 0.3) is 5.69 Å². The molecule has 0 aliphatic rings. The molecule has 0 spiro atoms. The van der Waals surface area contributed by atoms with Gasteiger partial charge in [-0.05, 0) is 35.5 Å². The number of aliphatic hydroxyl groups excluding tert-OH is 1. The van der Waals surface area contributed by atoms with Crippen molar-refractivity contribution >= 4 is 0 Å². The number of nitrogens with zero attached hydrogens (tertiary/aromatic N) is 4. The van der Waals surface area contributed by atoms with Crippen LogP contribution in [-0.2, 0) is 6.54 Å². The average Bonchev–Trinajstić information content (AvgIpc) is 2.84. The van der Waals surface area contributed by atoms with Gasteiger partial charge < -0.3 is 10.4 Å². The van der Waals surface area contributed by atoms with Crippen molar-refractivity contribution in [3.63, 3.8) is 0 Å². The van der Waals surface area contributed by atoms with E-state index in [0.29, 0.717) is 6.54 Å². The number of rotatable bonds is 6. The van der Waals surface area contributed by atoms with Crippen LogP contribution in [0.1, 0.15) is 12.2 Å². The van der Waals surface area contributed by atoms with Gasteiger partial charge >= 0.3 is 0 Å². The lowest BCUT2D eigenvalue weighted by Crippen LogP contribution is -2.18. The molecule has 1 aromatic heterocycles. The largest absolute Gasteiger partial charge is 0.396 e. The fraction of sp³-hybridized carbons (Fsp3) is 0.364. The molecule has 0 saturated heterocycles.